The summed E-state index contributed by atoms with van der Waals surface area (Å²) in [5.41, 5.74) is -0.306. The third-order valence-electron chi connectivity index (χ3n) is 2.56. The van der Waals surface area contributed by atoms with E-state index in [0.29, 0.717) is 12.3 Å². The molecule has 1 aliphatic heterocycles. The van der Waals surface area contributed by atoms with Crippen LogP contribution in [0.2, 0.25) is 0 Å². The van der Waals surface area contributed by atoms with E-state index in [0.717, 1.165) is 0 Å². The Morgan fingerprint density at radius 1 is 1.50 bits per heavy atom. The molecule has 1 aliphatic rings. The Bertz CT molecular complexity index is 283. The lowest BCUT2D eigenvalue weighted by Gasteiger charge is -2.33. The first-order chi connectivity index (χ1) is 7.40. The zero-order chi connectivity index (χ0) is 12.3. The Balaban J connectivity index is 2.54. The molecule has 0 spiro atoms. The molecular weight excluding hydrogens is 228 g/mol. The highest BCUT2D eigenvalue weighted by atomic mass is 32.2. The highest BCUT2D eigenvalue weighted by Gasteiger charge is 2.30. The van der Waals surface area contributed by atoms with Crippen LogP contribution in [-0.4, -0.2) is 33.8 Å². The Kier molecular flexibility index (Phi) is 4.61. The van der Waals surface area contributed by atoms with E-state index in [-0.39, 0.29) is 17.4 Å². The summed E-state index contributed by atoms with van der Waals surface area (Å²) in [6.07, 6.45) is 0.455. The molecular formula is C10H18N2O3S. The second-order valence-corrected chi connectivity index (χ2v) is 5.74. The maximum atomic E-state index is 11.4. The van der Waals surface area contributed by atoms with Crippen LogP contribution in [0.15, 0.2) is 0 Å². The average molecular weight is 246 g/mol. The van der Waals surface area contributed by atoms with Crippen molar-refractivity contribution < 1.29 is 14.7 Å². The molecule has 0 aromatic carbocycles. The standard InChI is InChI=1S/C10H18N2O3S/c1-5(2)7-4-8(13)12-10(11-7)16-6(3)9(14)15/h5-7,10-11H,4H2,1-3H3,(H,12,13)(H,14,15). The third-order valence-corrected chi connectivity index (χ3v) is 3.69. The van der Waals surface area contributed by atoms with Crippen molar-refractivity contribution in [3.8, 4) is 0 Å². The number of thioether (sulfide) groups is 1. The highest BCUT2D eigenvalue weighted by molar-refractivity contribution is 8.01. The second kappa shape index (κ2) is 5.54. The fourth-order valence-electron chi connectivity index (χ4n) is 1.46. The number of nitrogens with one attached hydrogen (secondary N) is 2. The minimum absolute atomic E-state index is 0.0208. The maximum absolute atomic E-state index is 11.4. The van der Waals surface area contributed by atoms with Crippen molar-refractivity contribution in [2.24, 2.45) is 5.92 Å². The second-order valence-electron chi connectivity index (χ2n) is 4.29. The van der Waals surface area contributed by atoms with Gasteiger partial charge in [0, 0.05) is 12.5 Å². The monoisotopic (exact) mass is 246 g/mol. The van der Waals surface area contributed by atoms with Crippen molar-refractivity contribution >= 4 is 23.6 Å². The molecule has 1 fully saturated rings. The van der Waals surface area contributed by atoms with Crippen molar-refractivity contribution in [3.63, 3.8) is 0 Å². The number of carbonyl (C=O) groups excluding carboxylic acids is 1. The number of carbonyl (C=O) groups is 2. The first-order valence-corrected chi connectivity index (χ1v) is 6.28. The SMILES string of the molecule is CC(SC1NC(=O)CC(C(C)C)N1)C(=O)O. The molecule has 1 amide bonds. The van der Waals surface area contributed by atoms with Crippen LogP contribution in [0.4, 0.5) is 0 Å². The van der Waals surface area contributed by atoms with Gasteiger partial charge in [-0.05, 0) is 12.8 Å². The van der Waals surface area contributed by atoms with Crippen molar-refractivity contribution in [3.05, 3.63) is 0 Å². The van der Waals surface area contributed by atoms with Gasteiger partial charge in [-0.1, -0.05) is 13.8 Å². The van der Waals surface area contributed by atoms with E-state index in [4.69, 9.17) is 5.11 Å². The summed E-state index contributed by atoms with van der Waals surface area (Å²) in [5, 5.41) is 14.2. The van der Waals surface area contributed by atoms with Gasteiger partial charge >= 0.3 is 5.97 Å². The number of carboxylic acids is 1. The average Bonchev–Trinajstić information content (AvgIpc) is 2.16. The predicted octanol–water partition coefficient (Wildman–Crippen LogP) is 0.610. The van der Waals surface area contributed by atoms with Gasteiger partial charge in [0.1, 0.15) is 10.7 Å². The maximum Gasteiger partial charge on any atom is 0.316 e. The normalized spacial score (nSPS) is 27.6. The highest BCUT2D eigenvalue weighted by Crippen LogP contribution is 2.20. The van der Waals surface area contributed by atoms with Crippen molar-refractivity contribution in [2.75, 3.05) is 0 Å². The summed E-state index contributed by atoms with van der Waals surface area (Å²) < 4.78 is 0. The van der Waals surface area contributed by atoms with E-state index in [1.54, 1.807) is 6.92 Å². The van der Waals surface area contributed by atoms with Crippen LogP contribution in [0.25, 0.3) is 0 Å². The minimum atomic E-state index is -0.868. The molecule has 0 aromatic heterocycles. The Hall–Kier alpha value is -0.750. The molecule has 3 atom stereocenters. The number of aliphatic carboxylic acids is 1. The molecule has 0 aliphatic carbocycles. The van der Waals surface area contributed by atoms with Crippen LogP contribution < -0.4 is 10.6 Å². The Labute approximate surface area is 99.4 Å². The fourth-order valence-corrected chi connectivity index (χ4v) is 2.44. The van der Waals surface area contributed by atoms with E-state index >= 15 is 0 Å². The fraction of sp³-hybridized carbons (Fsp3) is 0.800. The van der Waals surface area contributed by atoms with E-state index in [1.807, 2.05) is 13.8 Å². The van der Waals surface area contributed by atoms with Crippen LogP contribution in [0.3, 0.4) is 0 Å². The zero-order valence-corrected chi connectivity index (χ0v) is 10.5. The van der Waals surface area contributed by atoms with Crippen LogP contribution in [0.1, 0.15) is 27.2 Å². The number of amides is 1. The lowest BCUT2D eigenvalue weighted by atomic mass is 10.00. The molecule has 0 bridgehead atoms. The minimum Gasteiger partial charge on any atom is -0.480 e. The van der Waals surface area contributed by atoms with Gasteiger partial charge in [0.25, 0.3) is 0 Å². The van der Waals surface area contributed by atoms with Crippen LogP contribution in [-0.2, 0) is 9.59 Å². The largest absolute Gasteiger partial charge is 0.480 e. The van der Waals surface area contributed by atoms with Gasteiger partial charge < -0.3 is 10.4 Å². The van der Waals surface area contributed by atoms with Crippen LogP contribution >= 0.6 is 11.8 Å². The third kappa shape index (κ3) is 3.68. The summed E-state index contributed by atoms with van der Waals surface area (Å²) >= 11 is 1.21. The summed E-state index contributed by atoms with van der Waals surface area (Å²) in [6, 6.07) is 0.118. The summed E-state index contributed by atoms with van der Waals surface area (Å²) in [5.74, 6) is -0.533. The Morgan fingerprint density at radius 3 is 2.62 bits per heavy atom. The first kappa shape index (κ1) is 13.3. The molecule has 92 valence electrons. The van der Waals surface area contributed by atoms with Crippen LogP contribution in [0.5, 0.6) is 0 Å². The predicted molar refractivity (Wildman–Crippen MR) is 63.0 cm³/mol. The van der Waals surface area contributed by atoms with Gasteiger partial charge in [-0.2, -0.15) is 0 Å². The lowest BCUT2D eigenvalue weighted by molar-refractivity contribution is -0.136. The molecule has 1 rings (SSSR count). The van der Waals surface area contributed by atoms with Crippen molar-refractivity contribution in [1.82, 2.24) is 10.6 Å². The smallest absolute Gasteiger partial charge is 0.316 e. The molecule has 6 heteroatoms. The van der Waals surface area contributed by atoms with Gasteiger partial charge in [0.2, 0.25) is 5.91 Å². The molecule has 3 N–H and O–H groups in total. The Morgan fingerprint density at radius 2 is 2.12 bits per heavy atom. The lowest BCUT2D eigenvalue weighted by Crippen LogP contribution is -2.56. The molecule has 5 nitrogen and oxygen atoms in total. The molecule has 1 heterocycles. The van der Waals surface area contributed by atoms with Gasteiger partial charge in [0.15, 0.2) is 0 Å². The van der Waals surface area contributed by atoms with Crippen LogP contribution in [0, 0.1) is 5.92 Å². The van der Waals surface area contributed by atoms with Gasteiger partial charge in [-0.3, -0.25) is 14.9 Å². The molecule has 1 saturated heterocycles. The molecule has 3 unspecified atom stereocenters. The molecule has 16 heavy (non-hydrogen) atoms. The number of hydrogen-bond acceptors (Lipinski definition) is 4. The quantitative estimate of drug-likeness (QED) is 0.677. The van der Waals surface area contributed by atoms with Gasteiger partial charge in [-0.15, -0.1) is 11.8 Å². The zero-order valence-electron chi connectivity index (χ0n) is 9.69. The van der Waals surface area contributed by atoms with E-state index in [9.17, 15) is 9.59 Å². The van der Waals surface area contributed by atoms with E-state index in [1.165, 1.54) is 11.8 Å². The molecule has 0 saturated carbocycles. The topological polar surface area (TPSA) is 78.4 Å². The summed E-state index contributed by atoms with van der Waals surface area (Å²) in [6.45, 7) is 5.69. The number of carboxylic acid groups (broad SMARTS) is 1. The first-order valence-electron chi connectivity index (χ1n) is 5.34. The number of rotatable bonds is 4. The van der Waals surface area contributed by atoms with Crippen molar-refractivity contribution in [1.29, 1.82) is 0 Å². The van der Waals surface area contributed by atoms with Crippen molar-refractivity contribution in [2.45, 2.75) is 44.0 Å². The molecule has 0 aromatic rings. The number of hydrogen-bond donors (Lipinski definition) is 3. The van der Waals surface area contributed by atoms with Gasteiger partial charge in [-0.25, -0.2) is 0 Å². The summed E-state index contributed by atoms with van der Waals surface area (Å²) in [7, 11) is 0. The van der Waals surface area contributed by atoms with E-state index < -0.39 is 11.2 Å². The van der Waals surface area contributed by atoms with E-state index in [2.05, 4.69) is 10.6 Å². The van der Waals surface area contributed by atoms with Gasteiger partial charge in [0.05, 0.1) is 0 Å². The molecule has 0 radical (unpaired) electrons. The summed E-state index contributed by atoms with van der Waals surface area (Å²) in [4.78, 5) is 22.1.